The van der Waals surface area contributed by atoms with E-state index >= 15 is 0 Å². The molecule has 0 fully saturated rings. The van der Waals surface area contributed by atoms with Gasteiger partial charge in [0.25, 0.3) is 5.91 Å². The summed E-state index contributed by atoms with van der Waals surface area (Å²) >= 11 is 0. The molecule has 1 aromatic heterocycles. The SMILES string of the molecule is O=C1CCc2cc(C(=O)NC[C@H](c3ccccc3)c3c[nH]c4ccccc34)ccc2N1. The Kier molecular flexibility index (Phi) is 5.00. The fraction of sp³-hybridized carbons (Fsp3) is 0.154. The van der Waals surface area contributed by atoms with E-state index in [9.17, 15) is 9.59 Å². The van der Waals surface area contributed by atoms with Crippen LogP contribution in [0.25, 0.3) is 10.9 Å². The van der Waals surface area contributed by atoms with Gasteiger partial charge in [-0.3, -0.25) is 9.59 Å². The first-order valence-corrected chi connectivity index (χ1v) is 10.5. The average molecular weight is 409 g/mol. The molecule has 5 rings (SSSR count). The number of carbonyl (C=O) groups is 2. The Bertz CT molecular complexity index is 1260. The number of para-hydroxylation sites is 1. The summed E-state index contributed by atoms with van der Waals surface area (Å²) < 4.78 is 0. The van der Waals surface area contributed by atoms with Crippen LogP contribution in [0.3, 0.4) is 0 Å². The van der Waals surface area contributed by atoms with Gasteiger partial charge in [-0.15, -0.1) is 0 Å². The van der Waals surface area contributed by atoms with Gasteiger partial charge in [0.1, 0.15) is 0 Å². The number of amides is 2. The normalized spacial score (nSPS) is 14.0. The van der Waals surface area contributed by atoms with Crippen molar-refractivity contribution in [2.45, 2.75) is 18.8 Å². The number of aromatic amines is 1. The van der Waals surface area contributed by atoms with Crippen molar-refractivity contribution in [2.75, 3.05) is 11.9 Å². The van der Waals surface area contributed by atoms with Crippen LogP contribution in [0.15, 0.2) is 79.0 Å². The molecule has 31 heavy (non-hydrogen) atoms. The Hall–Kier alpha value is -3.86. The van der Waals surface area contributed by atoms with Crippen molar-refractivity contribution in [3.05, 3.63) is 101 Å². The summed E-state index contributed by atoms with van der Waals surface area (Å²) in [6.45, 7) is 0.485. The zero-order valence-corrected chi connectivity index (χ0v) is 17.0. The third-order valence-electron chi connectivity index (χ3n) is 5.93. The fourth-order valence-electron chi connectivity index (χ4n) is 4.30. The lowest BCUT2D eigenvalue weighted by molar-refractivity contribution is -0.116. The minimum atomic E-state index is -0.111. The van der Waals surface area contributed by atoms with Gasteiger partial charge >= 0.3 is 0 Å². The predicted molar refractivity (Wildman–Crippen MR) is 122 cm³/mol. The first-order chi connectivity index (χ1) is 15.2. The summed E-state index contributed by atoms with van der Waals surface area (Å²) in [5.41, 5.74) is 5.82. The molecule has 4 aromatic rings. The van der Waals surface area contributed by atoms with Crippen LogP contribution in [-0.4, -0.2) is 23.3 Å². The second kappa shape index (κ2) is 8.11. The highest BCUT2D eigenvalue weighted by Gasteiger charge is 2.20. The molecule has 0 saturated carbocycles. The lowest BCUT2D eigenvalue weighted by atomic mass is 9.90. The van der Waals surface area contributed by atoms with Gasteiger partial charge in [-0.25, -0.2) is 0 Å². The number of aryl methyl sites for hydroxylation is 1. The maximum absolute atomic E-state index is 13.0. The fourth-order valence-corrected chi connectivity index (χ4v) is 4.30. The van der Waals surface area contributed by atoms with Crippen molar-refractivity contribution in [3.63, 3.8) is 0 Å². The van der Waals surface area contributed by atoms with Crippen LogP contribution in [0.5, 0.6) is 0 Å². The Labute approximate surface area is 180 Å². The van der Waals surface area contributed by atoms with Crippen molar-refractivity contribution < 1.29 is 9.59 Å². The molecule has 0 radical (unpaired) electrons. The van der Waals surface area contributed by atoms with Crippen molar-refractivity contribution in [1.29, 1.82) is 0 Å². The van der Waals surface area contributed by atoms with E-state index in [1.165, 1.54) is 0 Å². The summed E-state index contributed by atoms with van der Waals surface area (Å²) in [5.74, 6) is -0.0622. The van der Waals surface area contributed by atoms with Crippen molar-refractivity contribution in [1.82, 2.24) is 10.3 Å². The van der Waals surface area contributed by atoms with E-state index in [-0.39, 0.29) is 17.7 Å². The van der Waals surface area contributed by atoms with Crippen molar-refractivity contribution in [3.8, 4) is 0 Å². The van der Waals surface area contributed by atoms with E-state index in [4.69, 9.17) is 0 Å². The van der Waals surface area contributed by atoms with Crippen molar-refractivity contribution in [2.24, 2.45) is 0 Å². The highest BCUT2D eigenvalue weighted by Crippen LogP contribution is 2.30. The highest BCUT2D eigenvalue weighted by molar-refractivity contribution is 5.98. The second-order valence-electron chi connectivity index (χ2n) is 7.88. The number of nitrogens with one attached hydrogen (secondary N) is 3. The Morgan fingerprint density at radius 2 is 1.77 bits per heavy atom. The second-order valence-corrected chi connectivity index (χ2v) is 7.88. The molecule has 1 atom stereocenters. The summed E-state index contributed by atoms with van der Waals surface area (Å²) in [7, 11) is 0. The number of carbonyl (C=O) groups excluding carboxylic acids is 2. The zero-order valence-electron chi connectivity index (χ0n) is 17.0. The third-order valence-corrected chi connectivity index (χ3v) is 5.93. The molecule has 3 N–H and O–H groups in total. The van der Waals surface area contributed by atoms with Gasteiger partial charge in [-0.1, -0.05) is 48.5 Å². The van der Waals surface area contributed by atoms with Gasteiger partial charge in [0, 0.05) is 47.2 Å². The Morgan fingerprint density at radius 3 is 2.65 bits per heavy atom. The lowest BCUT2D eigenvalue weighted by Crippen LogP contribution is -2.29. The van der Waals surface area contributed by atoms with Crippen LogP contribution in [0, 0.1) is 0 Å². The quantitative estimate of drug-likeness (QED) is 0.450. The van der Waals surface area contributed by atoms with Gasteiger partial charge in [0.05, 0.1) is 0 Å². The standard InChI is InChI=1S/C26H23N3O2/c30-25-13-11-18-14-19(10-12-23(18)29-25)26(31)28-15-21(17-6-2-1-3-7-17)22-16-27-24-9-5-4-8-20(22)24/h1-10,12,14,16,21,27H,11,13,15H2,(H,28,31)(H,29,30)/t21-/m1/s1. The van der Waals surface area contributed by atoms with E-state index in [2.05, 4.69) is 39.9 Å². The lowest BCUT2D eigenvalue weighted by Gasteiger charge is -2.20. The summed E-state index contributed by atoms with van der Waals surface area (Å²) in [5, 5.41) is 7.15. The average Bonchev–Trinajstić information content (AvgIpc) is 3.23. The topological polar surface area (TPSA) is 74.0 Å². The summed E-state index contributed by atoms with van der Waals surface area (Å²) in [6.07, 6.45) is 3.15. The van der Waals surface area contributed by atoms with Crippen LogP contribution >= 0.6 is 0 Å². The molecule has 0 spiro atoms. The van der Waals surface area contributed by atoms with Gasteiger partial charge < -0.3 is 15.6 Å². The van der Waals surface area contributed by atoms with E-state index in [0.717, 1.165) is 33.3 Å². The number of rotatable bonds is 5. The van der Waals surface area contributed by atoms with E-state index in [1.807, 2.05) is 48.7 Å². The first kappa shape index (κ1) is 19.1. The molecular weight excluding hydrogens is 386 g/mol. The maximum Gasteiger partial charge on any atom is 0.251 e. The van der Waals surface area contributed by atoms with Crippen LogP contribution in [0.4, 0.5) is 5.69 Å². The number of hydrogen-bond acceptors (Lipinski definition) is 2. The molecule has 5 nitrogen and oxygen atoms in total. The number of aromatic nitrogens is 1. The van der Waals surface area contributed by atoms with Crippen molar-refractivity contribution >= 4 is 28.4 Å². The van der Waals surface area contributed by atoms with E-state index in [0.29, 0.717) is 24.9 Å². The first-order valence-electron chi connectivity index (χ1n) is 10.5. The number of anilines is 1. The molecule has 0 bridgehead atoms. The van der Waals surface area contributed by atoms with Crippen LogP contribution in [0.2, 0.25) is 0 Å². The number of hydrogen-bond donors (Lipinski definition) is 3. The molecule has 2 amide bonds. The van der Waals surface area contributed by atoms with Gasteiger partial charge in [0.15, 0.2) is 0 Å². The zero-order chi connectivity index (χ0) is 21.2. The monoisotopic (exact) mass is 409 g/mol. The molecule has 0 aliphatic carbocycles. The summed E-state index contributed by atoms with van der Waals surface area (Å²) in [6, 6.07) is 23.9. The molecule has 154 valence electrons. The van der Waals surface area contributed by atoms with Crippen LogP contribution in [0.1, 0.15) is 39.4 Å². The molecule has 1 aliphatic rings. The molecule has 1 aliphatic heterocycles. The highest BCUT2D eigenvalue weighted by atomic mass is 16.2. The maximum atomic E-state index is 13.0. The molecule has 3 aromatic carbocycles. The van der Waals surface area contributed by atoms with Gasteiger partial charge in [-0.2, -0.15) is 0 Å². The van der Waals surface area contributed by atoms with Gasteiger partial charge in [-0.05, 0) is 47.4 Å². The Morgan fingerprint density at radius 1 is 0.968 bits per heavy atom. The van der Waals surface area contributed by atoms with Crippen LogP contribution in [-0.2, 0) is 11.2 Å². The number of H-pyrrole nitrogens is 1. The van der Waals surface area contributed by atoms with E-state index in [1.54, 1.807) is 6.07 Å². The minimum absolute atomic E-state index is 0.0223. The van der Waals surface area contributed by atoms with E-state index < -0.39 is 0 Å². The largest absolute Gasteiger partial charge is 0.361 e. The minimum Gasteiger partial charge on any atom is -0.361 e. The smallest absolute Gasteiger partial charge is 0.251 e. The predicted octanol–water partition coefficient (Wildman–Crippen LogP) is 4.61. The molecule has 0 saturated heterocycles. The Balaban J connectivity index is 1.40. The molecule has 0 unspecified atom stereocenters. The summed E-state index contributed by atoms with van der Waals surface area (Å²) in [4.78, 5) is 27.9. The third kappa shape index (κ3) is 3.82. The molecule has 5 heteroatoms. The number of fused-ring (bicyclic) bond motifs is 2. The number of benzene rings is 3. The molecular formula is C26H23N3O2. The van der Waals surface area contributed by atoms with Gasteiger partial charge in [0.2, 0.25) is 5.91 Å². The molecule has 2 heterocycles. The van der Waals surface area contributed by atoms with Crippen LogP contribution < -0.4 is 10.6 Å².